The van der Waals surface area contributed by atoms with E-state index in [2.05, 4.69) is 43.3 Å². The SMILES string of the molecule is CC(C)C(NCc1cn(C(C)C)nn1)C(=O)N1CCOCC1. The second kappa shape index (κ2) is 7.69. The summed E-state index contributed by atoms with van der Waals surface area (Å²) in [5.41, 5.74) is 0.856. The van der Waals surface area contributed by atoms with E-state index in [1.807, 2.05) is 15.8 Å². The van der Waals surface area contributed by atoms with Gasteiger partial charge in [-0.25, -0.2) is 4.68 Å². The minimum absolute atomic E-state index is 0.148. The first-order valence-corrected chi connectivity index (χ1v) is 7.99. The van der Waals surface area contributed by atoms with Gasteiger partial charge in [-0.1, -0.05) is 19.1 Å². The summed E-state index contributed by atoms with van der Waals surface area (Å²) in [5, 5.41) is 11.6. The van der Waals surface area contributed by atoms with Crippen molar-refractivity contribution in [3.05, 3.63) is 11.9 Å². The summed E-state index contributed by atoms with van der Waals surface area (Å²) in [7, 11) is 0. The standard InChI is InChI=1S/C15H27N5O2/c1-11(2)14(15(21)19-5-7-22-8-6-19)16-9-13-10-20(12(3)4)18-17-13/h10-12,14,16H,5-9H2,1-4H3. The summed E-state index contributed by atoms with van der Waals surface area (Å²) in [6, 6.07) is 0.0828. The third-order valence-corrected chi connectivity index (χ3v) is 3.85. The Bertz CT molecular complexity index is 480. The van der Waals surface area contributed by atoms with Crippen molar-refractivity contribution in [1.29, 1.82) is 0 Å². The van der Waals surface area contributed by atoms with Gasteiger partial charge in [0, 0.05) is 25.7 Å². The van der Waals surface area contributed by atoms with Crippen molar-refractivity contribution in [3.8, 4) is 0 Å². The third-order valence-electron chi connectivity index (χ3n) is 3.85. The fourth-order valence-corrected chi connectivity index (χ4v) is 2.45. The molecule has 1 saturated heterocycles. The first-order chi connectivity index (χ1) is 10.5. The monoisotopic (exact) mass is 309 g/mol. The lowest BCUT2D eigenvalue weighted by Gasteiger charge is -2.32. The van der Waals surface area contributed by atoms with Gasteiger partial charge in [-0.2, -0.15) is 0 Å². The van der Waals surface area contributed by atoms with Crippen molar-refractivity contribution in [2.45, 2.75) is 46.3 Å². The highest BCUT2D eigenvalue weighted by Crippen LogP contribution is 2.10. The molecule has 2 heterocycles. The lowest BCUT2D eigenvalue weighted by atomic mass is 10.0. The van der Waals surface area contributed by atoms with Gasteiger partial charge >= 0.3 is 0 Å². The Morgan fingerprint density at radius 2 is 2.00 bits per heavy atom. The van der Waals surface area contributed by atoms with Gasteiger partial charge in [0.1, 0.15) is 0 Å². The van der Waals surface area contributed by atoms with E-state index >= 15 is 0 Å². The number of carbonyl (C=O) groups excluding carboxylic acids is 1. The van der Waals surface area contributed by atoms with E-state index in [9.17, 15) is 4.79 Å². The number of rotatable bonds is 6. The molecule has 2 rings (SSSR count). The van der Waals surface area contributed by atoms with E-state index in [4.69, 9.17) is 4.74 Å². The van der Waals surface area contributed by atoms with Crippen LogP contribution in [0.25, 0.3) is 0 Å². The van der Waals surface area contributed by atoms with Gasteiger partial charge in [0.2, 0.25) is 5.91 Å². The van der Waals surface area contributed by atoms with Crippen LogP contribution in [0.3, 0.4) is 0 Å². The summed E-state index contributed by atoms with van der Waals surface area (Å²) in [5.74, 6) is 0.366. The number of ether oxygens (including phenoxy) is 1. The molecule has 1 aliphatic rings. The van der Waals surface area contributed by atoms with E-state index in [0.29, 0.717) is 32.8 Å². The van der Waals surface area contributed by atoms with Crippen molar-refractivity contribution in [2.24, 2.45) is 5.92 Å². The Morgan fingerprint density at radius 3 is 2.55 bits per heavy atom. The minimum atomic E-state index is -0.206. The molecule has 1 fully saturated rings. The lowest BCUT2D eigenvalue weighted by molar-refractivity contribution is -0.138. The highest BCUT2D eigenvalue weighted by molar-refractivity contribution is 5.82. The van der Waals surface area contributed by atoms with Gasteiger partial charge < -0.3 is 9.64 Å². The molecule has 1 amide bonds. The van der Waals surface area contributed by atoms with Crippen LogP contribution in [0.5, 0.6) is 0 Å². The van der Waals surface area contributed by atoms with Crippen LogP contribution in [0.4, 0.5) is 0 Å². The number of hydrogen-bond donors (Lipinski definition) is 1. The predicted molar refractivity (Wildman–Crippen MR) is 83.3 cm³/mol. The van der Waals surface area contributed by atoms with Crippen LogP contribution >= 0.6 is 0 Å². The molecule has 0 spiro atoms. The van der Waals surface area contributed by atoms with Gasteiger partial charge in [-0.15, -0.1) is 5.10 Å². The summed E-state index contributed by atoms with van der Waals surface area (Å²) in [6.45, 7) is 11.4. The first-order valence-electron chi connectivity index (χ1n) is 7.99. The fourth-order valence-electron chi connectivity index (χ4n) is 2.45. The molecule has 0 bridgehead atoms. The van der Waals surface area contributed by atoms with E-state index in [1.54, 1.807) is 0 Å². The maximum absolute atomic E-state index is 12.6. The topological polar surface area (TPSA) is 72.3 Å². The van der Waals surface area contributed by atoms with E-state index < -0.39 is 0 Å². The van der Waals surface area contributed by atoms with Crippen LogP contribution in [0.2, 0.25) is 0 Å². The zero-order chi connectivity index (χ0) is 16.1. The van der Waals surface area contributed by atoms with E-state index in [1.165, 1.54) is 0 Å². The molecule has 1 unspecified atom stereocenters. The van der Waals surface area contributed by atoms with Gasteiger partial charge in [0.25, 0.3) is 0 Å². The molecule has 0 aromatic carbocycles. The Morgan fingerprint density at radius 1 is 1.32 bits per heavy atom. The molecule has 124 valence electrons. The first kappa shape index (κ1) is 16.9. The second-order valence-corrected chi connectivity index (χ2v) is 6.32. The number of carbonyl (C=O) groups is 1. The molecule has 1 aliphatic heterocycles. The molecular weight excluding hydrogens is 282 g/mol. The number of nitrogens with zero attached hydrogens (tertiary/aromatic N) is 4. The van der Waals surface area contributed by atoms with E-state index in [-0.39, 0.29) is 23.9 Å². The smallest absolute Gasteiger partial charge is 0.240 e. The molecule has 0 saturated carbocycles. The largest absolute Gasteiger partial charge is 0.378 e. The van der Waals surface area contributed by atoms with Crippen molar-refractivity contribution >= 4 is 5.91 Å². The molecule has 1 N–H and O–H groups in total. The summed E-state index contributed by atoms with van der Waals surface area (Å²) in [6.07, 6.45) is 1.92. The zero-order valence-electron chi connectivity index (χ0n) is 14.0. The molecular formula is C15H27N5O2. The zero-order valence-corrected chi connectivity index (χ0v) is 14.0. The molecule has 0 aliphatic carbocycles. The third kappa shape index (κ3) is 4.27. The summed E-state index contributed by atoms with van der Waals surface area (Å²) >= 11 is 0. The van der Waals surface area contributed by atoms with Crippen LogP contribution in [0.15, 0.2) is 6.20 Å². The number of aromatic nitrogens is 3. The van der Waals surface area contributed by atoms with Gasteiger partial charge in [0.05, 0.1) is 31.1 Å². The van der Waals surface area contributed by atoms with Crippen molar-refractivity contribution < 1.29 is 9.53 Å². The quantitative estimate of drug-likeness (QED) is 0.843. The molecule has 22 heavy (non-hydrogen) atoms. The van der Waals surface area contributed by atoms with Crippen LogP contribution < -0.4 is 5.32 Å². The summed E-state index contributed by atoms with van der Waals surface area (Å²) in [4.78, 5) is 14.5. The lowest BCUT2D eigenvalue weighted by Crippen LogP contribution is -2.52. The Hall–Kier alpha value is -1.47. The van der Waals surface area contributed by atoms with Crippen LogP contribution in [-0.4, -0.2) is 58.1 Å². The highest BCUT2D eigenvalue weighted by Gasteiger charge is 2.28. The highest BCUT2D eigenvalue weighted by atomic mass is 16.5. The molecule has 0 radical (unpaired) electrons. The maximum atomic E-state index is 12.6. The van der Waals surface area contributed by atoms with Gasteiger partial charge in [-0.05, 0) is 19.8 Å². The maximum Gasteiger partial charge on any atom is 0.240 e. The molecule has 1 aromatic heterocycles. The van der Waals surface area contributed by atoms with Crippen LogP contribution in [0, 0.1) is 5.92 Å². The van der Waals surface area contributed by atoms with Crippen molar-refractivity contribution in [3.63, 3.8) is 0 Å². The Balaban J connectivity index is 1.94. The molecule has 1 atom stereocenters. The second-order valence-electron chi connectivity index (χ2n) is 6.32. The number of amides is 1. The fraction of sp³-hybridized carbons (Fsp3) is 0.800. The molecule has 7 nitrogen and oxygen atoms in total. The minimum Gasteiger partial charge on any atom is -0.378 e. The average molecular weight is 309 g/mol. The number of morpholine rings is 1. The molecule has 7 heteroatoms. The van der Waals surface area contributed by atoms with E-state index in [0.717, 1.165) is 5.69 Å². The molecule has 1 aromatic rings. The van der Waals surface area contributed by atoms with Crippen molar-refractivity contribution in [2.75, 3.05) is 26.3 Å². The summed E-state index contributed by atoms with van der Waals surface area (Å²) < 4.78 is 7.13. The normalized spacial score (nSPS) is 17.3. The van der Waals surface area contributed by atoms with Crippen LogP contribution in [0.1, 0.15) is 39.4 Å². The Kier molecular flexibility index (Phi) is 5.90. The Labute approximate surface area is 132 Å². The number of nitrogens with one attached hydrogen (secondary N) is 1. The predicted octanol–water partition coefficient (Wildman–Crippen LogP) is 0.832. The van der Waals surface area contributed by atoms with Crippen molar-refractivity contribution in [1.82, 2.24) is 25.2 Å². The van der Waals surface area contributed by atoms with Gasteiger partial charge in [0.15, 0.2) is 0 Å². The van der Waals surface area contributed by atoms with Gasteiger partial charge in [-0.3, -0.25) is 10.1 Å². The van der Waals surface area contributed by atoms with Crippen LogP contribution in [-0.2, 0) is 16.1 Å². The number of hydrogen-bond acceptors (Lipinski definition) is 5. The average Bonchev–Trinajstić information content (AvgIpc) is 2.97.